The van der Waals surface area contributed by atoms with Crippen LogP contribution in [0.4, 0.5) is 0 Å². The van der Waals surface area contributed by atoms with Crippen LogP contribution in [0.1, 0.15) is 41.7 Å². The predicted molar refractivity (Wildman–Crippen MR) is 99.8 cm³/mol. The number of amides is 1. The Hall–Kier alpha value is -2.33. The second-order valence-electron chi connectivity index (χ2n) is 6.29. The van der Waals surface area contributed by atoms with Gasteiger partial charge >= 0.3 is 0 Å². The van der Waals surface area contributed by atoms with Gasteiger partial charge in [0.1, 0.15) is 5.75 Å². The fourth-order valence-electron chi connectivity index (χ4n) is 2.64. The molecule has 0 aliphatic carbocycles. The van der Waals surface area contributed by atoms with Gasteiger partial charge in [-0.2, -0.15) is 0 Å². The Morgan fingerprint density at radius 2 is 1.96 bits per heavy atom. The second kappa shape index (κ2) is 9.23. The molecule has 0 aliphatic rings. The molecule has 2 aromatic rings. The highest BCUT2D eigenvalue weighted by molar-refractivity contribution is 5.77. The molecular weight excluding hydrogens is 314 g/mol. The lowest BCUT2D eigenvalue weighted by Crippen LogP contribution is -2.28. The zero-order chi connectivity index (χ0) is 18.2. The molecule has 4 heteroatoms. The van der Waals surface area contributed by atoms with Gasteiger partial charge in [-0.05, 0) is 68.0 Å². The van der Waals surface area contributed by atoms with E-state index in [1.807, 2.05) is 19.1 Å². The summed E-state index contributed by atoms with van der Waals surface area (Å²) in [4.78, 5) is 11.5. The number of nitrogens with one attached hydrogen (secondary N) is 1. The largest absolute Gasteiger partial charge is 0.484 e. The standard InChI is InChI=1S/C21H27NO3/c1-4-22-21(24)14-25-19-7-5-6-18(13-19)20(23)11-10-17-9-8-15(2)16(3)12-17/h5-9,12-13,20,23H,4,10-11,14H2,1-3H3,(H,22,24)/t20-/m1/s1. The van der Waals surface area contributed by atoms with Gasteiger partial charge in [0.05, 0.1) is 6.10 Å². The molecular formula is C21H27NO3. The third-order valence-corrected chi connectivity index (χ3v) is 4.26. The zero-order valence-electron chi connectivity index (χ0n) is 15.2. The van der Waals surface area contributed by atoms with Gasteiger partial charge in [0.2, 0.25) is 0 Å². The summed E-state index contributed by atoms with van der Waals surface area (Å²) in [5.41, 5.74) is 4.58. The Morgan fingerprint density at radius 3 is 2.68 bits per heavy atom. The average molecular weight is 341 g/mol. The summed E-state index contributed by atoms with van der Waals surface area (Å²) in [7, 11) is 0. The second-order valence-corrected chi connectivity index (χ2v) is 6.29. The van der Waals surface area contributed by atoms with Gasteiger partial charge < -0.3 is 15.2 Å². The van der Waals surface area contributed by atoms with Crippen molar-refractivity contribution in [3.63, 3.8) is 0 Å². The summed E-state index contributed by atoms with van der Waals surface area (Å²) < 4.78 is 5.48. The number of aliphatic hydroxyl groups is 1. The number of benzene rings is 2. The van der Waals surface area contributed by atoms with Crippen molar-refractivity contribution in [2.75, 3.05) is 13.2 Å². The van der Waals surface area contributed by atoms with Crippen LogP contribution in [0.15, 0.2) is 42.5 Å². The number of carbonyl (C=O) groups is 1. The van der Waals surface area contributed by atoms with Crippen LogP contribution in [-0.2, 0) is 11.2 Å². The lowest BCUT2D eigenvalue weighted by Gasteiger charge is -2.13. The van der Waals surface area contributed by atoms with Gasteiger partial charge in [-0.25, -0.2) is 0 Å². The highest BCUT2D eigenvalue weighted by Crippen LogP contribution is 2.23. The molecule has 0 heterocycles. The predicted octanol–water partition coefficient (Wildman–Crippen LogP) is 3.48. The van der Waals surface area contributed by atoms with Gasteiger partial charge in [-0.15, -0.1) is 0 Å². The molecule has 0 fully saturated rings. The third-order valence-electron chi connectivity index (χ3n) is 4.26. The van der Waals surface area contributed by atoms with E-state index in [4.69, 9.17) is 4.74 Å². The molecule has 2 N–H and O–H groups in total. The number of hydrogen-bond acceptors (Lipinski definition) is 3. The number of ether oxygens (including phenoxy) is 1. The number of hydrogen-bond donors (Lipinski definition) is 2. The minimum absolute atomic E-state index is 0.0178. The van der Waals surface area contributed by atoms with Crippen molar-refractivity contribution in [3.8, 4) is 5.75 Å². The van der Waals surface area contributed by atoms with Gasteiger partial charge in [-0.3, -0.25) is 4.79 Å². The van der Waals surface area contributed by atoms with E-state index in [1.165, 1.54) is 16.7 Å². The van der Waals surface area contributed by atoms with E-state index in [2.05, 4.69) is 37.4 Å². The topological polar surface area (TPSA) is 58.6 Å². The monoisotopic (exact) mass is 341 g/mol. The summed E-state index contributed by atoms with van der Waals surface area (Å²) >= 11 is 0. The molecule has 0 aromatic heterocycles. The van der Waals surface area contributed by atoms with E-state index in [1.54, 1.807) is 12.1 Å². The Balaban J connectivity index is 1.92. The van der Waals surface area contributed by atoms with Crippen LogP contribution in [0.2, 0.25) is 0 Å². The summed E-state index contributed by atoms with van der Waals surface area (Å²) in [6.07, 6.45) is 0.892. The van der Waals surface area contributed by atoms with Crippen molar-refractivity contribution in [1.29, 1.82) is 0 Å². The molecule has 0 bridgehead atoms. The molecule has 1 atom stereocenters. The molecule has 0 aliphatic heterocycles. The minimum atomic E-state index is -0.561. The molecule has 4 nitrogen and oxygen atoms in total. The number of likely N-dealkylation sites (N-methyl/N-ethyl adjacent to an activating group) is 1. The maximum absolute atomic E-state index is 11.5. The molecule has 134 valence electrons. The van der Waals surface area contributed by atoms with E-state index >= 15 is 0 Å². The number of aliphatic hydroxyl groups excluding tert-OH is 1. The Morgan fingerprint density at radius 1 is 1.16 bits per heavy atom. The maximum Gasteiger partial charge on any atom is 0.257 e. The lowest BCUT2D eigenvalue weighted by molar-refractivity contribution is -0.122. The summed E-state index contributed by atoms with van der Waals surface area (Å²) in [5, 5.41) is 13.1. The quantitative estimate of drug-likeness (QED) is 0.773. The molecule has 0 unspecified atom stereocenters. The van der Waals surface area contributed by atoms with Crippen LogP contribution in [0.5, 0.6) is 5.75 Å². The Labute approximate surface area is 149 Å². The molecule has 0 saturated heterocycles. The van der Waals surface area contributed by atoms with Crippen LogP contribution in [0, 0.1) is 13.8 Å². The van der Waals surface area contributed by atoms with E-state index in [0.717, 1.165) is 12.0 Å². The Kier molecular flexibility index (Phi) is 7.02. The molecule has 0 spiro atoms. The van der Waals surface area contributed by atoms with Crippen molar-refractivity contribution < 1.29 is 14.6 Å². The van der Waals surface area contributed by atoms with Crippen molar-refractivity contribution in [3.05, 3.63) is 64.7 Å². The number of aryl methyl sites for hydroxylation is 3. The fraction of sp³-hybridized carbons (Fsp3) is 0.381. The van der Waals surface area contributed by atoms with E-state index in [-0.39, 0.29) is 12.5 Å². The van der Waals surface area contributed by atoms with Crippen molar-refractivity contribution in [1.82, 2.24) is 5.32 Å². The molecule has 25 heavy (non-hydrogen) atoms. The van der Waals surface area contributed by atoms with Crippen molar-refractivity contribution in [2.24, 2.45) is 0 Å². The highest BCUT2D eigenvalue weighted by atomic mass is 16.5. The van der Waals surface area contributed by atoms with Crippen molar-refractivity contribution in [2.45, 2.75) is 39.7 Å². The van der Waals surface area contributed by atoms with Gasteiger partial charge in [0.15, 0.2) is 6.61 Å². The molecule has 2 rings (SSSR count). The molecule has 0 radical (unpaired) electrons. The molecule has 2 aromatic carbocycles. The average Bonchev–Trinajstić information content (AvgIpc) is 2.61. The first-order valence-electron chi connectivity index (χ1n) is 8.73. The first-order chi connectivity index (χ1) is 12.0. The first kappa shape index (κ1) is 19.0. The maximum atomic E-state index is 11.5. The fourth-order valence-corrected chi connectivity index (χ4v) is 2.64. The highest BCUT2D eigenvalue weighted by Gasteiger charge is 2.10. The summed E-state index contributed by atoms with van der Waals surface area (Å²) in [6, 6.07) is 13.7. The zero-order valence-corrected chi connectivity index (χ0v) is 15.2. The van der Waals surface area contributed by atoms with Crippen molar-refractivity contribution >= 4 is 5.91 Å². The smallest absolute Gasteiger partial charge is 0.257 e. The van der Waals surface area contributed by atoms with Crippen LogP contribution in [0.25, 0.3) is 0 Å². The van der Waals surface area contributed by atoms with E-state index in [9.17, 15) is 9.90 Å². The van der Waals surface area contributed by atoms with Crippen LogP contribution >= 0.6 is 0 Å². The third kappa shape index (κ3) is 5.91. The lowest BCUT2D eigenvalue weighted by atomic mass is 9.99. The molecule has 0 saturated carbocycles. The van der Waals surface area contributed by atoms with Crippen LogP contribution in [-0.4, -0.2) is 24.2 Å². The first-order valence-corrected chi connectivity index (χ1v) is 8.73. The molecule has 1 amide bonds. The van der Waals surface area contributed by atoms with Gasteiger partial charge in [0.25, 0.3) is 5.91 Å². The van der Waals surface area contributed by atoms with E-state index in [0.29, 0.717) is 18.7 Å². The van der Waals surface area contributed by atoms with Crippen LogP contribution in [0.3, 0.4) is 0 Å². The van der Waals surface area contributed by atoms with Crippen LogP contribution < -0.4 is 10.1 Å². The Bertz CT molecular complexity index is 712. The SMILES string of the molecule is CCNC(=O)COc1cccc([C@H](O)CCc2ccc(C)c(C)c2)c1. The van der Waals surface area contributed by atoms with Gasteiger partial charge in [0, 0.05) is 6.54 Å². The normalized spacial score (nSPS) is 11.8. The van der Waals surface area contributed by atoms with Gasteiger partial charge in [-0.1, -0.05) is 30.3 Å². The minimum Gasteiger partial charge on any atom is -0.484 e. The van der Waals surface area contributed by atoms with E-state index < -0.39 is 6.10 Å². The number of rotatable bonds is 8. The summed E-state index contributed by atoms with van der Waals surface area (Å²) in [5.74, 6) is 0.442. The summed E-state index contributed by atoms with van der Waals surface area (Å²) in [6.45, 7) is 6.63. The number of carbonyl (C=O) groups excluding carboxylic acids is 1.